The van der Waals surface area contributed by atoms with Crippen molar-refractivity contribution in [2.24, 2.45) is 0 Å². The molecular weight excluding hydrogens is 398 g/mol. The Kier molecular flexibility index (Phi) is 5.45. The largest absolute Gasteiger partial charge is 0.487 e. The molecule has 9 heteroatoms. The molecule has 3 aromatic heterocycles. The molecule has 0 saturated heterocycles. The summed E-state index contributed by atoms with van der Waals surface area (Å²) in [4.78, 5) is 17.4. The number of thiophene rings is 1. The maximum absolute atomic E-state index is 12.4. The highest BCUT2D eigenvalue weighted by Crippen LogP contribution is 2.26. The van der Waals surface area contributed by atoms with E-state index in [0.717, 1.165) is 10.6 Å². The first-order chi connectivity index (χ1) is 13.7. The van der Waals surface area contributed by atoms with Crippen molar-refractivity contribution < 1.29 is 18.7 Å². The number of hydrogen-bond acceptors (Lipinski definition) is 9. The van der Waals surface area contributed by atoms with Gasteiger partial charge in [-0.2, -0.15) is 0 Å². The van der Waals surface area contributed by atoms with Crippen LogP contribution in [0.25, 0.3) is 10.8 Å². The van der Waals surface area contributed by atoms with Crippen LogP contribution in [0, 0.1) is 0 Å². The van der Waals surface area contributed by atoms with Crippen LogP contribution < -0.4 is 4.74 Å². The lowest BCUT2D eigenvalue weighted by Crippen LogP contribution is -2.09. The van der Waals surface area contributed by atoms with E-state index < -0.39 is 12.1 Å². The summed E-state index contributed by atoms with van der Waals surface area (Å²) in [5.74, 6) is 0.832. The van der Waals surface area contributed by atoms with Gasteiger partial charge in [-0.1, -0.05) is 6.07 Å². The first kappa shape index (κ1) is 18.3. The molecule has 7 nitrogen and oxygen atoms in total. The van der Waals surface area contributed by atoms with Crippen molar-refractivity contribution in [1.29, 1.82) is 0 Å². The number of rotatable bonds is 7. The molecule has 3 heterocycles. The van der Waals surface area contributed by atoms with Crippen LogP contribution in [0.1, 0.15) is 35.0 Å². The highest BCUT2D eigenvalue weighted by molar-refractivity contribution is 7.13. The highest BCUT2D eigenvalue weighted by atomic mass is 32.1. The average Bonchev–Trinajstić information content (AvgIpc) is 3.49. The molecule has 0 fully saturated rings. The van der Waals surface area contributed by atoms with Crippen molar-refractivity contribution in [3.8, 4) is 16.5 Å². The molecule has 1 aromatic carbocycles. The fourth-order valence-corrected chi connectivity index (χ4v) is 3.52. The van der Waals surface area contributed by atoms with Gasteiger partial charge in [-0.3, -0.25) is 0 Å². The van der Waals surface area contributed by atoms with E-state index in [2.05, 4.69) is 15.2 Å². The maximum atomic E-state index is 12.4. The van der Waals surface area contributed by atoms with Crippen molar-refractivity contribution in [3.05, 3.63) is 69.8 Å². The fraction of sp³-hybridized carbons (Fsp3) is 0.158. The van der Waals surface area contributed by atoms with E-state index in [1.54, 1.807) is 36.7 Å². The summed E-state index contributed by atoms with van der Waals surface area (Å²) < 4.78 is 16.7. The molecular formula is C19H15N3O4S2. The molecule has 0 N–H and O–H groups in total. The van der Waals surface area contributed by atoms with Gasteiger partial charge in [0.2, 0.25) is 0 Å². The SMILES string of the molecule is CC(OC(=O)c1ccc(OCc2cscn2)cc1)c1nnc(-c2cccs2)o1. The van der Waals surface area contributed by atoms with Gasteiger partial charge in [0, 0.05) is 5.38 Å². The molecule has 1 unspecified atom stereocenters. The topological polar surface area (TPSA) is 87.3 Å². The van der Waals surface area contributed by atoms with Gasteiger partial charge in [0.1, 0.15) is 12.4 Å². The summed E-state index contributed by atoms with van der Waals surface area (Å²) in [6.45, 7) is 2.07. The number of benzene rings is 1. The van der Waals surface area contributed by atoms with Gasteiger partial charge in [-0.25, -0.2) is 9.78 Å². The number of thiazole rings is 1. The minimum atomic E-state index is -0.658. The van der Waals surface area contributed by atoms with Gasteiger partial charge in [0.15, 0.2) is 6.10 Å². The number of nitrogens with zero attached hydrogens (tertiary/aromatic N) is 3. The summed E-state index contributed by atoms with van der Waals surface area (Å²) in [5, 5.41) is 11.8. The highest BCUT2D eigenvalue weighted by Gasteiger charge is 2.20. The first-order valence-electron chi connectivity index (χ1n) is 8.37. The molecule has 0 aliphatic heterocycles. The Labute approximate surface area is 168 Å². The van der Waals surface area contributed by atoms with Gasteiger partial charge in [-0.05, 0) is 42.6 Å². The lowest BCUT2D eigenvalue weighted by molar-refractivity contribution is 0.0280. The second-order valence-electron chi connectivity index (χ2n) is 5.76. The molecule has 0 amide bonds. The number of carbonyl (C=O) groups excluding carboxylic acids is 1. The van der Waals surface area contributed by atoms with E-state index in [0.29, 0.717) is 23.8 Å². The third-order valence-electron chi connectivity index (χ3n) is 3.76. The molecule has 0 radical (unpaired) electrons. The number of ether oxygens (including phenoxy) is 2. The van der Waals surface area contributed by atoms with Gasteiger partial charge >= 0.3 is 5.97 Å². The van der Waals surface area contributed by atoms with E-state index in [9.17, 15) is 4.79 Å². The molecule has 28 heavy (non-hydrogen) atoms. The summed E-state index contributed by atoms with van der Waals surface area (Å²) in [6.07, 6.45) is -0.658. The third-order valence-corrected chi connectivity index (χ3v) is 5.26. The normalized spacial score (nSPS) is 11.9. The van der Waals surface area contributed by atoms with Crippen LogP contribution in [-0.4, -0.2) is 21.2 Å². The number of esters is 1. The maximum Gasteiger partial charge on any atom is 0.338 e. The van der Waals surface area contributed by atoms with Crippen molar-refractivity contribution in [3.63, 3.8) is 0 Å². The average molecular weight is 413 g/mol. The van der Waals surface area contributed by atoms with Crippen LogP contribution in [0.5, 0.6) is 5.75 Å². The summed E-state index contributed by atoms with van der Waals surface area (Å²) >= 11 is 3.01. The van der Waals surface area contributed by atoms with E-state index in [-0.39, 0.29) is 5.89 Å². The zero-order valence-corrected chi connectivity index (χ0v) is 16.4. The van der Waals surface area contributed by atoms with Crippen LogP contribution in [0.2, 0.25) is 0 Å². The molecule has 142 valence electrons. The van der Waals surface area contributed by atoms with Gasteiger partial charge < -0.3 is 13.9 Å². The standard InChI is InChI=1S/C19H15N3O4S2/c1-12(17-21-22-18(26-17)16-3-2-8-28-16)25-19(23)13-4-6-15(7-5-13)24-9-14-10-27-11-20-14/h2-8,10-12H,9H2,1H3. The Hall–Kier alpha value is -3.04. The van der Waals surface area contributed by atoms with E-state index in [1.807, 2.05) is 22.9 Å². The van der Waals surface area contributed by atoms with Crippen LogP contribution in [0.3, 0.4) is 0 Å². The molecule has 0 bridgehead atoms. The first-order valence-corrected chi connectivity index (χ1v) is 10.2. The molecule has 0 saturated carbocycles. The second-order valence-corrected chi connectivity index (χ2v) is 7.43. The Morgan fingerprint density at radius 2 is 2.07 bits per heavy atom. The summed E-state index contributed by atoms with van der Waals surface area (Å²) in [5.41, 5.74) is 3.03. The van der Waals surface area contributed by atoms with Crippen LogP contribution in [-0.2, 0) is 11.3 Å². The zero-order valence-electron chi connectivity index (χ0n) is 14.8. The smallest absolute Gasteiger partial charge is 0.338 e. The lowest BCUT2D eigenvalue weighted by atomic mass is 10.2. The van der Waals surface area contributed by atoms with Crippen molar-refractivity contribution >= 4 is 28.6 Å². The Bertz CT molecular complexity index is 1030. The molecule has 1 atom stereocenters. The van der Waals surface area contributed by atoms with Crippen molar-refractivity contribution in [2.75, 3.05) is 0 Å². The summed E-state index contributed by atoms with van der Waals surface area (Å²) in [7, 11) is 0. The zero-order chi connectivity index (χ0) is 19.3. The molecule has 0 aliphatic carbocycles. The molecule has 0 spiro atoms. The van der Waals surface area contributed by atoms with Crippen LogP contribution in [0.4, 0.5) is 0 Å². The monoisotopic (exact) mass is 413 g/mol. The minimum absolute atomic E-state index is 0.250. The van der Waals surface area contributed by atoms with Crippen molar-refractivity contribution in [1.82, 2.24) is 15.2 Å². The van der Waals surface area contributed by atoms with E-state index in [1.165, 1.54) is 22.7 Å². The number of aromatic nitrogens is 3. The second kappa shape index (κ2) is 8.32. The molecule has 4 aromatic rings. The fourth-order valence-electron chi connectivity index (χ4n) is 2.33. The van der Waals surface area contributed by atoms with Crippen LogP contribution >= 0.6 is 22.7 Å². The lowest BCUT2D eigenvalue weighted by Gasteiger charge is -2.10. The number of hydrogen-bond donors (Lipinski definition) is 0. The summed E-state index contributed by atoms with van der Waals surface area (Å²) in [6, 6.07) is 10.5. The Balaban J connectivity index is 1.35. The predicted molar refractivity (Wildman–Crippen MR) is 104 cm³/mol. The van der Waals surface area contributed by atoms with Gasteiger partial charge in [0.25, 0.3) is 11.8 Å². The van der Waals surface area contributed by atoms with Gasteiger partial charge in [-0.15, -0.1) is 32.9 Å². The van der Waals surface area contributed by atoms with E-state index >= 15 is 0 Å². The van der Waals surface area contributed by atoms with E-state index in [4.69, 9.17) is 13.9 Å². The van der Waals surface area contributed by atoms with Crippen molar-refractivity contribution in [2.45, 2.75) is 19.6 Å². The quantitative estimate of drug-likeness (QED) is 0.404. The minimum Gasteiger partial charge on any atom is -0.487 e. The Morgan fingerprint density at radius 3 is 2.79 bits per heavy atom. The molecule has 4 rings (SSSR count). The Morgan fingerprint density at radius 1 is 1.21 bits per heavy atom. The molecule has 0 aliphatic rings. The number of carbonyl (C=O) groups is 1. The third kappa shape index (κ3) is 4.26. The van der Waals surface area contributed by atoms with Gasteiger partial charge in [0.05, 0.1) is 21.6 Å². The van der Waals surface area contributed by atoms with Crippen LogP contribution in [0.15, 0.2) is 57.1 Å². The predicted octanol–water partition coefficient (Wildman–Crippen LogP) is 4.75.